The molecule has 1 aliphatic carbocycles. The molecule has 3 rings (SSSR count). The molecule has 0 radical (unpaired) electrons. The van der Waals surface area contributed by atoms with Crippen LogP contribution in [-0.4, -0.2) is 18.2 Å². The van der Waals surface area contributed by atoms with E-state index in [0.717, 1.165) is 41.1 Å². The van der Waals surface area contributed by atoms with Crippen molar-refractivity contribution in [2.75, 3.05) is 17.7 Å². The first-order valence-corrected chi connectivity index (χ1v) is 10.6. The quantitative estimate of drug-likeness (QED) is 0.515. The van der Waals surface area contributed by atoms with Crippen molar-refractivity contribution < 1.29 is 9.53 Å². The van der Waals surface area contributed by atoms with Crippen LogP contribution in [0.15, 0.2) is 18.2 Å². The molecule has 1 heterocycles. The minimum atomic E-state index is -0.287. The molecule has 0 saturated carbocycles. The van der Waals surface area contributed by atoms with Gasteiger partial charge >= 0.3 is 5.97 Å². The first-order valence-electron chi connectivity index (χ1n) is 9.38. The fourth-order valence-corrected chi connectivity index (χ4v) is 5.03. The van der Waals surface area contributed by atoms with Crippen molar-refractivity contribution in [2.45, 2.75) is 52.4 Å². The molecule has 0 aliphatic heterocycles. The van der Waals surface area contributed by atoms with E-state index in [4.69, 9.17) is 17.0 Å². The van der Waals surface area contributed by atoms with Crippen molar-refractivity contribution in [1.82, 2.24) is 0 Å². The number of aryl methyl sites for hydroxylation is 2. The number of benzene rings is 1. The summed E-state index contributed by atoms with van der Waals surface area (Å²) in [6.45, 7) is 4.14. The number of carbonyl (C=O) groups excluding carboxylic acids is 1. The second-order valence-electron chi connectivity index (χ2n) is 6.94. The minimum Gasteiger partial charge on any atom is -0.465 e. The number of thiophene rings is 1. The summed E-state index contributed by atoms with van der Waals surface area (Å²) >= 11 is 7.16. The van der Waals surface area contributed by atoms with Crippen molar-refractivity contribution in [1.29, 1.82) is 0 Å². The Morgan fingerprint density at radius 1 is 1.11 bits per heavy atom. The van der Waals surface area contributed by atoms with Crippen LogP contribution in [0.2, 0.25) is 0 Å². The molecule has 4 nitrogen and oxygen atoms in total. The van der Waals surface area contributed by atoms with Crippen LogP contribution in [0.5, 0.6) is 0 Å². The Labute approximate surface area is 170 Å². The van der Waals surface area contributed by atoms with Crippen LogP contribution in [0.25, 0.3) is 0 Å². The number of esters is 1. The molecule has 1 aliphatic rings. The van der Waals surface area contributed by atoms with E-state index in [9.17, 15) is 4.79 Å². The highest BCUT2D eigenvalue weighted by Gasteiger charge is 2.25. The van der Waals surface area contributed by atoms with Gasteiger partial charge < -0.3 is 15.4 Å². The SMILES string of the molecule is COC(=O)c1c(NC(=S)Nc2cccc(C)c2C)sc2c1CCCCCC2. The molecule has 0 spiro atoms. The smallest absolute Gasteiger partial charge is 0.341 e. The lowest BCUT2D eigenvalue weighted by Gasteiger charge is -2.14. The van der Waals surface area contributed by atoms with Gasteiger partial charge in [-0.3, -0.25) is 0 Å². The molecule has 0 unspecified atom stereocenters. The highest BCUT2D eigenvalue weighted by molar-refractivity contribution is 7.80. The molecule has 1 aromatic carbocycles. The number of methoxy groups -OCH3 is 1. The third kappa shape index (κ3) is 4.50. The Bertz CT molecular complexity index is 858. The number of carbonyl (C=O) groups is 1. The van der Waals surface area contributed by atoms with Gasteiger partial charge in [-0.25, -0.2) is 4.79 Å². The van der Waals surface area contributed by atoms with Gasteiger partial charge in [0, 0.05) is 10.6 Å². The molecule has 6 heteroatoms. The number of ether oxygens (including phenoxy) is 1. The standard InChI is InChI=1S/C21H26N2O2S2/c1-13-9-8-11-16(14(13)2)22-21(26)23-19-18(20(24)25-3)15-10-6-4-5-7-12-17(15)27-19/h8-9,11H,4-7,10,12H2,1-3H3,(H2,22,23,26). The third-order valence-corrected chi connectivity index (χ3v) is 6.55. The average molecular weight is 403 g/mol. The molecule has 0 fully saturated rings. The van der Waals surface area contributed by atoms with Gasteiger partial charge in [-0.1, -0.05) is 25.0 Å². The van der Waals surface area contributed by atoms with E-state index in [1.165, 1.54) is 36.8 Å². The summed E-state index contributed by atoms with van der Waals surface area (Å²) in [5.41, 5.74) is 5.14. The number of nitrogens with one attached hydrogen (secondary N) is 2. The molecule has 0 amide bonds. The monoisotopic (exact) mass is 402 g/mol. The van der Waals surface area contributed by atoms with Gasteiger partial charge in [-0.15, -0.1) is 11.3 Å². The maximum atomic E-state index is 12.5. The van der Waals surface area contributed by atoms with Crippen LogP contribution in [0.4, 0.5) is 10.7 Å². The zero-order valence-electron chi connectivity index (χ0n) is 16.1. The summed E-state index contributed by atoms with van der Waals surface area (Å²) < 4.78 is 5.07. The van der Waals surface area contributed by atoms with Crippen LogP contribution in [-0.2, 0) is 17.6 Å². The summed E-state index contributed by atoms with van der Waals surface area (Å²) in [7, 11) is 1.44. The van der Waals surface area contributed by atoms with Crippen molar-refractivity contribution in [3.63, 3.8) is 0 Å². The topological polar surface area (TPSA) is 50.4 Å². The molecule has 0 atom stereocenters. The zero-order valence-corrected chi connectivity index (χ0v) is 17.7. The molecule has 27 heavy (non-hydrogen) atoms. The maximum absolute atomic E-state index is 12.5. The molecule has 0 bridgehead atoms. The van der Waals surface area contributed by atoms with E-state index in [1.807, 2.05) is 12.1 Å². The first kappa shape index (κ1) is 19.8. The number of hydrogen-bond donors (Lipinski definition) is 2. The number of rotatable bonds is 3. The average Bonchev–Trinajstić information content (AvgIpc) is 2.94. The van der Waals surface area contributed by atoms with Gasteiger partial charge in [0.05, 0.1) is 12.7 Å². The Morgan fingerprint density at radius 2 is 1.85 bits per heavy atom. The van der Waals surface area contributed by atoms with Gasteiger partial charge in [-0.2, -0.15) is 0 Å². The second kappa shape index (κ2) is 8.85. The molecular weight excluding hydrogens is 376 g/mol. The van der Waals surface area contributed by atoms with Crippen LogP contribution in [0.1, 0.15) is 57.6 Å². The van der Waals surface area contributed by atoms with Crippen LogP contribution in [0.3, 0.4) is 0 Å². The number of fused-ring (bicyclic) bond motifs is 1. The number of anilines is 2. The Morgan fingerprint density at radius 3 is 2.59 bits per heavy atom. The summed E-state index contributed by atoms with van der Waals surface area (Å²) in [4.78, 5) is 13.8. The Kier molecular flexibility index (Phi) is 6.50. The summed E-state index contributed by atoms with van der Waals surface area (Å²) in [5, 5.41) is 7.80. The van der Waals surface area contributed by atoms with Crippen LogP contribution < -0.4 is 10.6 Å². The third-order valence-electron chi connectivity index (χ3n) is 5.14. The van der Waals surface area contributed by atoms with Gasteiger partial charge in [0.25, 0.3) is 0 Å². The van der Waals surface area contributed by atoms with Gasteiger partial charge in [-0.05, 0) is 74.5 Å². The van der Waals surface area contributed by atoms with Crippen LogP contribution >= 0.6 is 23.6 Å². The van der Waals surface area contributed by atoms with E-state index in [1.54, 1.807) is 11.3 Å². The lowest BCUT2D eigenvalue weighted by molar-refractivity contribution is 0.0601. The van der Waals surface area contributed by atoms with Gasteiger partial charge in [0.2, 0.25) is 0 Å². The second-order valence-corrected chi connectivity index (χ2v) is 8.45. The van der Waals surface area contributed by atoms with Gasteiger partial charge in [0.15, 0.2) is 5.11 Å². The summed E-state index contributed by atoms with van der Waals surface area (Å²) in [5.74, 6) is -0.287. The normalized spacial score (nSPS) is 13.9. The van der Waals surface area contributed by atoms with Crippen molar-refractivity contribution in [3.05, 3.63) is 45.3 Å². The van der Waals surface area contributed by atoms with Crippen molar-refractivity contribution >= 4 is 45.3 Å². The minimum absolute atomic E-state index is 0.287. The first-order chi connectivity index (χ1) is 13.0. The Hall–Kier alpha value is -1.92. The molecule has 144 valence electrons. The molecule has 2 aromatic rings. The lowest BCUT2D eigenvalue weighted by Crippen LogP contribution is -2.21. The summed E-state index contributed by atoms with van der Waals surface area (Å²) in [6, 6.07) is 6.08. The number of hydrogen-bond acceptors (Lipinski definition) is 4. The van der Waals surface area contributed by atoms with Crippen molar-refractivity contribution in [3.8, 4) is 0 Å². The van der Waals surface area contributed by atoms with Gasteiger partial charge in [0.1, 0.15) is 5.00 Å². The Balaban J connectivity index is 1.87. The van der Waals surface area contributed by atoms with Crippen molar-refractivity contribution in [2.24, 2.45) is 0 Å². The predicted octanol–water partition coefficient (Wildman–Crippen LogP) is 5.62. The predicted molar refractivity (Wildman–Crippen MR) is 117 cm³/mol. The lowest BCUT2D eigenvalue weighted by atomic mass is 9.96. The largest absolute Gasteiger partial charge is 0.465 e. The van der Waals surface area contributed by atoms with Crippen LogP contribution in [0, 0.1) is 13.8 Å². The fraction of sp³-hybridized carbons (Fsp3) is 0.429. The van der Waals surface area contributed by atoms with E-state index >= 15 is 0 Å². The molecule has 0 saturated heterocycles. The number of thiocarbonyl (C=S) groups is 1. The van der Waals surface area contributed by atoms with E-state index in [0.29, 0.717) is 10.7 Å². The molecule has 1 aromatic heterocycles. The summed E-state index contributed by atoms with van der Waals surface area (Å²) in [6.07, 6.45) is 6.68. The maximum Gasteiger partial charge on any atom is 0.341 e. The highest BCUT2D eigenvalue weighted by atomic mass is 32.1. The van der Waals surface area contributed by atoms with E-state index in [-0.39, 0.29) is 5.97 Å². The molecular formula is C21H26N2O2S2. The highest BCUT2D eigenvalue weighted by Crippen LogP contribution is 2.37. The van der Waals surface area contributed by atoms with E-state index in [2.05, 4.69) is 30.5 Å². The fourth-order valence-electron chi connectivity index (χ4n) is 3.47. The zero-order chi connectivity index (χ0) is 19.4. The van der Waals surface area contributed by atoms with E-state index < -0.39 is 0 Å². The molecule has 2 N–H and O–H groups in total.